The van der Waals surface area contributed by atoms with Crippen LogP contribution in [0.4, 0.5) is 4.79 Å². The van der Waals surface area contributed by atoms with Crippen molar-refractivity contribution in [2.75, 3.05) is 33.8 Å². The van der Waals surface area contributed by atoms with Gasteiger partial charge in [-0.05, 0) is 58.7 Å². The summed E-state index contributed by atoms with van der Waals surface area (Å²) >= 11 is 0. The molecule has 3 aromatic rings. The maximum absolute atomic E-state index is 13.0. The molecule has 2 aromatic heterocycles. The van der Waals surface area contributed by atoms with E-state index in [4.69, 9.17) is 14.6 Å². The molecule has 0 aliphatic carbocycles. The summed E-state index contributed by atoms with van der Waals surface area (Å²) in [7, 11) is 3.76. The monoisotopic (exact) mass is 535 g/mol. The predicted molar refractivity (Wildman–Crippen MR) is 152 cm³/mol. The molecule has 1 fully saturated rings. The number of hydrogen-bond donors (Lipinski definition) is 0. The molecule has 1 aliphatic rings. The second-order valence-electron chi connectivity index (χ2n) is 11.3. The highest BCUT2D eigenvalue weighted by molar-refractivity contribution is 5.67. The number of pyridine rings is 1. The van der Waals surface area contributed by atoms with Crippen LogP contribution in [0.5, 0.6) is 0 Å². The molecule has 4 rings (SSSR count). The van der Waals surface area contributed by atoms with Crippen LogP contribution in [0.3, 0.4) is 0 Å². The number of amides is 1. The average Bonchev–Trinajstić information content (AvgIpc) is 3.32. The van der Waals surface area contributed by atoms with Crippen LogP contribution in [0.1, 0.15) is 57.4 Å². The van der Waals surface area contributed by atoms with Gasteiger partial charge in [-0.2, -0.15) is 5.10 Å². The Morgan fingerprint density at radius 3 is 2.56 bits per heavy atom. The second kappa shape index (κ2) is 12.6. The van der Waals surface area contributed by atoms with Crippen molar-refractivity contribution in [2.24, 2.45) is 0 Å². The summed E-state index contributed by atoms with van der Waals surface area (Å²) in [5.41, 5.74) is 3.04. The molecule has 1 unspecified atom stereocenters. The van der Waals surface area contributed by atoms with E-state index in [0.29, 0.717) is 26.2 Å². The quantitative estimate of drug-likeness (QED) is 0.393. The first kappa shape index (κ1) is 28.6. The zero-order chi connectivity index (χ0) is 28.0. The van der Waals surface area contributed by atoms with Crippen molar-refractivity contribution in [3.05, 3.63) is 76.3 Å². The van der Waals surface area contributed by atoms with E-state index in [2.05, 4.69) is 4.90 Å². The van der Waals surface area contributed by atoms with Crippen LogP contribution >= 0.6 is 0 Å². The van der Waals surface area contributed by atoms with Gasteiger partial charge in [-0.15, -0.1) is 0 Å². The minimum Gasteiger partial charge on any atom is -0.444 e. The molecule has 0 radical (unpaired) electrons. The molecule has 39 heavy (non-hydrogen) atoms. The number of ether oxygens (including phenoxy) is 2. The number of likely N-dealkylation sites (N-methyl/N-ethyl adjacent to an activating group) is 2. The van der Waals surface area contributed by atoms with Crippen LogP contribution in [-0.4, -0.2) is 69.6 Å². The molecule has 1 amide bonds. The van der Waals surface area contributed by atoms with Gasteiger partial charge in [0, 0.05) is 62.9 Å². The van der Waals surface area contributed by atoms with E-state index in [9.17, 15) is 9.59 Å². The summed E-state index contributed by atoms with van der Waals surface area (Å²) in [4.78, 5) is 29.1. The Kier molecular flexibility index (Phi) is 9.24. The molecule has 3 heterocycles. The van der Waals surface area contributed by atoms with Gasteiger partial charge in [0.15, 0.2) is 0 Å². The van der Waals surface area contributed by atoms with Crippen molar-refractivity contribution in [3.63, 3.8) is 0 Å². The van der Waals surface area contributed by atoms with Crippen molar-refractivity contribution in [3.8, 4) is 11.3 Å². The number of hydrogen-bond acceptors (Lipinski definition) is 6. The predicted octanol–water partition coefficient (Wildman–Crippen LogP) is 4.76. The van der Waals surface area contributed by atoms with Crippen molar-refractivity contribution < 1.29 is 14.3 Å². The Bertz CT molecular complexity index is 1290. The molecule has 0 saturated carbocycles. The molecule has 1 atom stereocenters. The summed E-state index contributed by atoms with van der Waals surface area (Å²) < 4.78 is 15.1. The number of aromatic nitrogens is 3. The van der Waals surface area contributed by atoms with Crippen LogP contribution < -0.4 is 5.56 Å². The number of carbonyl (C=O) groups is 1. The fourth-order valence-electron chi connectivity index (χ4n) is 4.56. The molecule has 0 bridgehead atoms. The van der Waals surface area contributed by atoms with E-state index in [1.165, 1.54) is 0 Å². The maximum Gasteiger partial charge on any atom is 0.410 e. The number of rotatable bonds is 9. The maximum atomic E-state index is 13.0. The van der Waals surface area contributed by atoms with E-state index in [0.717, 1.165) is 48.3 Å². The smallest absolute Gasteiger partial charge is 0.410 e. The minimum absolute atomic E-state index is 0.0712. The van der Waals surface area contributed by atoms with Crippen LogP contribution in [0.2, 0.25) is 0 Å². The summed E-state index contributed by atoms with van der Waals surface area (Å²) in [6, 6.07) is 13.6. The van der Waals surface area contributed by atoms with E-state index in [1.54, 1.807) is 22.6 Å². The SMILES string of the molecule is CN(CCN(C)C(=O)OC(C)(C)C)Cc1cn(C2CCCCO2)nc1-c1ccn(Cc2ccccc2)c(=O)c1. The molecule has 1 aromatic carbocycles. The lowest BCUT2D eigenvalue weighted by molar-refractivity contribution is -0.0394. The van der Waals surface area contributed by atoms with Crippen molar-refractivity contribution in [1.82, 2.24) is 24.1 Å². The zero-order valence-electron chi connectivity index (χ0n) is 23.8. The fourth-order valence-corrected chi connectivity index (χ4v) is 4.56. The van der Waals surface area contributed by atoms with Gasteiger partial charge >= 0.3 is 6.09 Å². The van der Waals surface area contributed by atoms with Crippen molar-refractivity contribution >= 4 is 6.09 Å². The molecule has 9 nitrogen and oxygen atoms in total. The number of carbonyl (C=O) groups excluding carboxylic acids is 1. The third-order valence-electron chi connectivity index (χ3n) is 6.69. The Labute approximate surface area is 230 Å². The average molecular weight is 536 g/mol. The van der Waals surface area contributed by atoms with Crippen LogP contribution in [0.25, 0.3) is 11.3 Å². The van der Waals surface area contributed by atoms with Gasteiger partial charge in [0.25, 0.3) is 5.56 Å². The van der Waals surface area contributed by atoms with E-state index < -0.39 is 5.60 Å². The van der Waals surface area contributed by atoms with E-state index >= 15 is 0 Å². The van der Waals surface area contributed by atoms with Gasteiger partial charge in [0.05, 0.1) is 12.2 Å². The third kappa shape index (κ3) is 8.03. The largest absolute Gasteiger partial charge is 0.444 e. The lowest BCUT2D eigenvalue weighted by atomic mass is 10.1. The Balaban J connectivity index is 1.51. The van der Waals surface area contributed by atoms with Gasteiger partial charge in [-0.3, -0.25) is 4.79 Å². The van der Waals surface area contributed by atoms with Gasteiger partial charge in [-0.1, -0.05) is 30.3 Å². The number of benzene rings is 1. The highest BCUT2D eigenvalue weighted by atomic mass is 16.6. The van der Waals surface area contributed by atoms with Gasteiger partial charge in [0.1, 0.15) is 11.8 Å². The second-order valence-corrected chi connectivity index (χ2v) is 11.3. The fraction of sp³-hybridized carbons (Fsp3) is 0.500. The Hall–Kier alpha value is -3.43. The molecule has 1 saturated heterocycles. The summed E-state index contributed by atoms with van der Waals surface area (Å²) in [5.74, 6) is 0. The van der Waals surface area contributed by atoms with E-state index in [1.807, 2.05) is 81.3 Å². The zero-order valence-corrected chi connectivity index (χ0v) is 23.8. The highest BCUT2D eigenvalue weighted by Gasteiger charge is 2.22. The topological polar surface area (TPSA) is 81.8 Å². The van der Waals surface area contributed by atoms with Gasteiger partial charge < -0.3 is 23.8 Å². The lowest BCUT2D eigenvalue weighted by Crippen LogP contribution is -2.38. The third-order valence-corrected chi connectivity index (χ3v) is 6.69. The number of nitrogens with zero attached hydrogens (tertiary/aromatic N) is 5. The Morgan fingerprint density at radius 2 is 1.90 bits per heavy atom. The molecule has 0 N–H and O–H groups in total. The van der Waals surface area contributed by atoms with Crippen molar-refractivity contribution in [2.45, 2.75) is 65.0 Å². The standard InChI is InChI=1S/C30H41N5O4/c1-30(2,3)39-29(37)33(5)17-16-32(4)21-25-22-35(27-13-9-10-18-38-27)31-28(25)24-14-15-34(26(36)19-24)20-23-11-7-6-8-12-23/h6-8,11-12,14-15,19,22,27H,9-10,13,16-18,20-21H2,1-5H3. The normalized spacial score (nSPS) is 15.9. The molecule has 0 spiro atoms. The molecule has 210 valence electrons. The van der Waals surface area contributed by atoms with Crippen molar-refractivity contribution in [1.29, 1.82) is 0 Å². The first-order chi connectivity index (χ1) is 18.6. The molecule has 1 aliphatic heterocycles. The molecular weight excluding hydrogens is 494 g/mol. The first-order valence-electron chi connectivity index (χ1n) is 13.7. The van der Waals surface area contributed by atoms with Crippen LogP contribution in [-0.2, 0) is 22.6 Å². The molecule has 9 heteroatoms. The van der Waals surface area contributed by atoms with Crippen LogP contribution in [0.15, 0.2) is 59.7 Å². The minimum atomic E-state index is -0.530. The first-order valence-corrected chi connectivity index (χ1v) is 13.7. The van der Waals surface area contributed by atoms with Crippen LogP contribution in [0, 0.1) is 0 Å². The highest BCUT2D eigenvalue weighted by Crippen LogP contribution is 2.28. The van der Waals surface area contributed by atoms with Gasteiger partial charge in [0.2, 0.25) is 0 Å². The van der Waals surface area contributed by atoms with E-state index in [-0.39, 0.29) is 17.9 Å². The summed E-state index contributed by atoms with van der Waals surface area (Å²) in [5, 5.41) is 4.91. The Morgan fingerprint density at radius 1 is 1.13 bits per heavy atom. The summed E-state index contributed by atoms with van der Waals surface area (Å²) in [6.45, 7) is 8.61. The molecular formula is C30H41N5O4. The lowest BCUT2D eigenvalue weighted by Gasteiger charge is -2.26. The summed E-state index contributed by atoms with van der Waals surface area (Å²) in [6.07, 6.45) is 6.50. The van der Waals surface area contributed by atoms with Gasteiger partial charge in [-0.25, -0.2) is 9.48 Å².